The molecule has 2 aromatic heterocycles. The van der Waals surface area contributed by atoms with Gasteiger partial charge in [-0.15, -0.1) is 5.10 Å². The van der Waals surface area contributed by atoms with Crippen LogP contribution in [0.15, 0.2) is 42.7 Å². The van der Waals surface area contributed by atoms with Crippen molar-refractivity contribution in [1.82, 2.24) is 25.3 Å². The highest BCUT2D eigenvalue weighted by atomic mass is 127. The molecular weight excluding hydrogens is 465 g/mol. The molecule has 3 N–H and O–H groups in total. The third-order valence-corrected chi connectivity index (χ3v) is 4.29. The first-order valence-corrected chi connectivity index (χ1v) is 8.84. The smallest absolute Gasteiger partial charge is 0.322 e. The molecule has 3 rings (SSSR count). The summed E-state index contributed by atoms with van der Waals surface area (Å²) in [5.74, 6) is -2.34. The molecule has 0 fully saturated rings. The SMILES string of the molecule is O=C(O)CNC(=O)c1ncc(-c2cn(Cc3ccc(I)cc3)nn2)cc1O. The zero-order chi connectivity index (χ0) is 19.4. The van der Waals surface area contributed by atoms with Crippen LogP contribution in [0.2, 0.25) is 0 Å². The Kier molecular flexibility index (Phi) is 5.64. The molecule has 0 aliphatic carbocycles. The van der Waals surface area contributed by atoms with Gasteiger partial charge in [0, 0.05) is 15.3 Å². The second kappa shape index (κ2) is 8.12. The largest absolute Gasteiger partial charge is 0.505 e. The van der Waals surface area contributed by atoms with Crippen LogP contribution in [-0.4, -0.2) is 48.6 Å². The summed E-state index contributed by atoms with van der Waals surface area (Å²) in [6.07, 6.45) is 3.08. The number of nitrogens with zero attached hydrogens (tertiary/aromatic N) is 4. The Labute approximate surface area is 167 Å². The van der Waals surface area contributed by atoms with Crippen molar-refractivity contribution in [2.75, 3.05) is 6.54 Å². The fraction of sp³-hybridized carbons (Fsp3) is 0.118. The van der Waals surface area contributed by atoms with Crippen LogP contribution in [0.3, 0.4) is 0 Å². The third-order valence-electron chi connectivity index (χ3n) is 3.58. The molecule has 1 aromatic carbocycles. The number of hydrogen-bond donors (Lipinski definition) is 3. The van der Waals surface area contributed by atoms with Crippen LogP contribution in [0.5, 0.6) is 5.75 Å². The van der Waals surface area contributed by atoms with Crippen LogP contribution >= 0.6 is 22.6 Å². The highest BCUT2D eigenvalue weighted by Gasteiger charge is 2.16. The minimum absolute atomic E-state index is 0.258. The van der Waals surface area contributed by atoms with Crippen LogP contribution < -0.4 is 5.32 Å². The predicted octanol–water partition coefficient (Wildman–Crippen LogP) is 1.51. The maximum Gasteiger partial charge on any atom is 0.322 e. The number of carboxylic acids is 1. The maximum atomic E-state index is 11.8. The van der Waals surface area contributed by atoms with Gasteiger partial charge in [-0.25, -0.2) is 9.67 Å². The van der Waals surface area contributed by atoms with Crippen LogP contribution in [0, 0.1) is 3.57 Å². The van der Waals surface area contributed by atoms with Crippen molar-refractivity contribution in [1.29, 1.82) is 0 Å². The topological polar surface area (TPSA) is 130 Å². The monoisotopic (exact) mass is 479 g/mol. The first-order chi connectivity index (χ1) is 12.9. The first kappa shape index (κ1) is 18.8. The summed E-state index contributed by atoms with van der Waals surface area (Å²) >= 11 is 2.23. The molecule has 0 radical (unpaired) electrons. The Hall–Kier alpha value is -3.02. The van der Waals surface area contributed by atoms with E-state index in [9.17, 15) is 14.7 Å². The van der Waals surface area contributed by atoms with Gasteiger partial charge in [0.25, 0.3) is 5.91 Å². The number of pyridine rings is 1. The average Bonchev–Trinajstić information content (AvgIpc) is 3.10. The Morgan fingerprint density at radius 3 is 2.63 bits per heavy atom. The lowest BCUT2D eigenvalue weighted by atomic mass is 10.2. The van der Waals surface area contributed by atoms with E-state index in [1.54, 1.807) is 10.9 Å². The van der Waals surface area contributed by atoms with E-state index in [1.807, 2.05) is 24.3 Å². The summed E-state index contributed by atoms with van der Waals surface area (Å²) in [5.41, 5.74) is 1.78. The van der Waals surface area contributed by atoms with Crippen LogP contribution in [0.4, 0.5) is 0 Å². The zero-order valence-corrected chi connectivity index (χ0v) is 16.0. The number of amides is 1. The van der Waals surface area contributed by atoms with E-state index in [4.69, 9.17) is 5.11 Å². The average molecular weight is 479 g/mol. The molecule has 0 aliphatic rings. The van der Waals surface area contributed by atoms with Crippen molar-refractivity contribution < 1.29 is 19.8 Å². The predicted molar refractivity (Wildman–Crippen MR) is 103 cm³/mol. The number of carbonyl (C=O) groups is 2. The second-order valence-electron chi connectivity index (χ2n) is 5.60. The first-order valence-electron chi connectivity index (χ1n) is 7.76. The normalized spacial score (nSPS) is 10.6. The molecule has 0 aliphatic heterocycles. The van der Waals surface area contributed by atoms with E-state index >= 15 is 0 Å². The van der Waals surface area contributed by atoms with E-state index in [0.717, 1.165) is 9.13 Å². The highest BCUT2D eigenvalue weighted by molar-refractivity contribution is 14.1. The van der Waals surface area contributed by atoms with E-state index in [1.165, 1.54) is 12.3 Å². The van der Waals surface area contributed by atoms with Crippen molar-refractivity contribution in [3.8, 4) is 17.0 Å². The Balaban J connectivity index is 1.74. The zero-order valence-electron chi connectivity index (χ0n) is 13.8. The summed E-state index contributed by atoms with van der Waals surface area (Å²) < 4.78 is 2.80. The summed E-state index contributed by atoms with van der Waals surface area (Å²) in [6.45, 7) is -0.0203. The Bertz CT molecular complexity index is 987. The van der Waals surface area contributed by atoms with Gasteiger partial charge in [-0.3, -0.25) is 9.59 Å². The quantitative estimate of drug-likeness (QED) is 0.457. The van der Waals surface area contributed by atoms with Crippen LogP contribution in [0.25, 0.3) is 11.3 Å². The summed E-state index contributed by atoms with van der Waals surface area (Å²) in [6, 6.07) is 9.34. The minimum Gasteiger partial charge on any atom is -0.505 e. The number of halogens is 1. The molecule has 27 heavy (non-hydrogen) atoms. The van der Waals surface area contributed by atoms with Gasteiger partial charge in [0.15, 0.2) is 5.69 Å². The number of rotatable bonds is 6. The molecule has 2 heterocycles. The van der Waals surface area contributed by atoms with Crippen molar-refractivity contribution >= 4 is 34.5 Å². The lowest BCUT2D eigenvalue weighted by molar-refractivity contribution is -0.135. The van der Waals surface area contributed by atoms with Crippen LogP contribution in [-0.2, 0) is 11.3 Å². The molecule has 0 unspecified atom stereocenters. The van der Waals surface area contributed by atoms with Crippen molar-refractivity contribution in [2.45, 2.75) is 6.54 Å². The molecule has 10 heteroatoms. The second-order valence-corrected chi connectivity index (χ2v) is 6.84. The Morgan fingerprint density at radius 2 is 1.96 bits per heavy atom. The summed E-state index contributed by atoms with van der Waals surface area (Å²) in [7, 11) is 0. The van der Waals surface area contributed by atoms with E-state index in [-0.39, 0.29) is 11.4 Å². The lowest BCUT2D eigenvalue weighted by Crippen LogP contribution is -2.29. The molecule has 0 saturated heterocycles. The molecule has 0 saturated carbocycles. The van der Waals surface area contributed by atoms with Gasteiger partial charge in [0.2, 0.25) is 0 Å². The molecule has 0 bridgehead atoms. The van der Waals surface area contributed by atoms with E-state index in [0.29, 0.717) is 17.8 Å². The minimum atomic E-state index is -1.19. The van der Waals surface area contributed by atoms with Crippen molar-refractivity contribution in [3.05, 3.63) is 57.6 Å². The molecule has 3 aromatic rings. The number of benzene rings is 1. The van der Waals surface area contributed by atoms with Crippen molar-refractivity contribution in [2.24, 2.45) is 0 Å². The number of aliphatic carboxylic acids is 1. The van der Waals surface area contributed by atoms with Gasteiger partial charge in [0.1, 0.15) is 18.0 Å². The van der Waals surface area contributed by atoms with Gasteiger partial charge in [-0.2, -0.15) is 0 Å². The number of aromatic nitrogens is 4. The maximum absolute atomic E-state index is 11.8. The van der Waals surface area contributed by atoms with E-state index in [2.05, 4.69) is 43.2 Å². The van der Waals surface area contributed by atoms with Crippen LogP contribution in [0.1, 0.15) is 16.1 Å². The molecule has 138 valence electrons. The molecule has 1 amide bonds. The number of hydrogen-bond acceptors (Lipinski definition) is 6. The fourth-order valence-corrected chi connectivity index (χ4v) is 2.65. The fourth-order valence-electron chi connectivity index (χ4n) is 2.29. The van der Waals surface area contributed by atoms with Gasteiger partial charge < -0.3 is 15.5 Å². The molecule has 0 atom stereocenters. The number of carbonyl (C=O) groups excluding carboxylic acids is 1. The molecule has 9 nitrogen and oxygen atoms in total. The number of carboxylic acid groups (broad SMARTS) is 1. The summed E-state index contributed by atoms with van der Waals surface area (Å²) in [5, 5.41) is 28.9. The summed E-state index contributed by atoms with van der Waals surface area (Å²) in [4.78, 5) is 26.2. The standard InChI is InChI=1S/C17H14IN5O4/c18-12-3-1-10(2-4-12)8-23-9-13(21-22-23)11-5-14(24)16(19-6-11)17(27)20-7-15(25)26/h1-6,9,24H,7-8H2,(H,20,27)(H,25,26). The molecular formula is C17H14IN5O4. The Morgan fingerprint density at radius 1 is 1.22 bits per heavy atom. The van der Waals surface area contributed by atoms with Gasteiger partial charge in [-0.05, 0) is 46.4 Å². The third kappa shape index (κ3) is 4.78. The molecule has 0 spiro atoms. The van der Waals surface area contributed by atoms with Gasteiger partial charge in [-0.1, -0.05) is 17.3 Å². The van der Waals surface area contributed by atoms with Gasteiger partial charge in [0.05, 0.1) is 12.7 Å². The number of aromatic hydroxyl groups is 1. The highest BCUT2D eigenvalue weighted by Crippen LogP contribution is 2.23. The van der Waals surface area contributed by atoms with Gasteiger partial charge >= 0.3 is 5.97 Å². The number of nitrogens with one attached hydrogen (secondary N) is 1. The van der Waals surface area contributed by atoms with E-state index < -0.39 is 18.4 Å². The lowest BCUT2D eigenvalue weighted by Gasteiger charge is -2.05. The van der Waals surface area contributed by atoms with Crippen molar-refractivity contribution in [3.63, 3.8) is 0 Å².